The maximum absolute atomic E-state index is 12.9. The molecule has 2 amide bonds. The number of carbonyl (C=O) groups is 2. The topological polar surface area (TPSA) is 86.1 Å². The highest BCUT2D eigenvalue weighted by molar-refractivity contribution is 6.36. The molecule has 0 aromatic heterocycles. The molecule has 0 radical (unpaired) electrons. The minimum absolute atomic E-state index is 0.387. The molecule has 6 heteroatoms. The molecule has 1 aliphatic rings. The number of para-hydroxylation sites is 1. The summed E-state index contributed by atoms with van der Waals surface area (Å²) in [5, 5.41) is 4.77. The number of amides is 2. The molecule has 0 N–H and O–H groups in total. The molecule has 0 bridgehead atoms. The molecular formula is C18H10N4O2. The molecule has 0 saturated heterocycles. The summed E-state index contributed by atoms with van der Waals surface area (Å²) in [5.41, 5.74) is 10.5. The Kier molecular flexibility index (Phi) is 3.05. The van der Waals surface area contributed by atoms with Crippen molar-refractivity contribution < 1.29 is 9.59 Å². The molecule has 0 unspecified atom stereocenters. The third-order valence-corrected chi connectivity index (χ3v) is 4.05. The number of carbonyl (C=O) groups excluding carboxylic acids is 2. The van der Waals surface area contributed by atoms with Gasteiger partial charge in [0.2, 0.25) is 0 Å². The van der Waals surface area contributed by atoms with Crippen molar-refractivity contribution in [3.05, 3.63) is 82.2 Å². The van der Waals surface area contributed by atoms with Crippen LogP contribution in [0.4, 0.5) is 11.4 Å². The molecule has 1 heterocycles. The lowest BCUT2D eigenvalue weighted by molar-refractivity contribution is 0.0893. The van der Waals surface area contributed by atoms with Crippen LogP contribution in [0, 0.1) is 0 Å². The molecule has 1 aliphatic heterocycles. The zero-order valence-electron chi connectivity index (χ0n) is 12.4. The molecule has 4 rings (SSSR count). The average molecular weight is 314 g/mol. The predicted octanol–water partition coefficient (Wildman–Crippen LogP) is 4.58. The van der Waals surface area contributed by atoms with Gasteiger partial charge < -0.3 is 0 Å². The van der Waals surface area contributed by atoms with E-state index in [9.17, 15) is 9.59 Å². The quantitative estimate of drug-likeness (QED) is 0.300. The average Bonchev–Trinajstić information content (AvgIpc) is 2.62. The summed E-state index contributed by atoms with van der Waals surface area (Å²) >= 11 is 0. The first-order valence-corrected chi connectivity index (χ1v) is 7.27. The van der Waals surface area contributed by atoms with Crippen LogP contribution < -0.4 is 4.90 Å². The van der Waals surface area contributed by atoms with Gasteiger partial charge in [-0.3, -0.25) is 9.59 Å². The molecule has 6 nitrogen and oxygen atoms in total. The van der Waals surface area contributed by atoms with E-state index in [1.807, 2.05) is 6.07 Å². The maximum atomic E-state index is 12.9. The molecule has 0 atom stereocenters. The van der Waals surface area contributed by atoms with Crippen LogP contribution in [-0.2, 0) is 0 Å². The van der Waals surface area contributed by atoms with Gasteiger partial charge in [0.25, 0.3) is 11.8 Å². The van der Waals surface area contributed by atoms with Gasteiger partial charge in [-0.25, -0.2) is 4.90 Å². The normalized spacial score (nSPS) is 13.1. The standard InChI is InChI=1S/C18H10N4O2/c19-21-20-15-10-9-14-16-12(15)7-4-8-13(16)17(23)22(18(14)24)11-5-2-1-3-6-11/h1-10H. The van der Waals surface area contributed by atoms with Gasteiger partial charge in [0, 0.05) is 27.1 Å². The van der Waals surface area contributed by atoms with Crippen LogP contribution in [0.5, 0.6) is 0 Å². The number of anilines is 1. The van der Waals surface area contributed by atoms with Gasteiger partial charge in [0.05, 0.1) is 5.69 Å². The summed E-state index contributed by atoms with van der Waals surface area (Å²) in [6.45, 7) is 0. The smallest absolute Gasteiger partial charge is 0.265 e. The second kappa shape index (κ2) is 5.22. The number of azide groups is 1. The SMILES string of the molecule is [N-]=[N+]=Nc1ccc2c3c(cccc13)C(=O)N(c1ccccc1)C2=O. The van der Waals surface area contributed by atoms with E-state index >= 15 is 0 Å². The lowest BCUT2D eigenvalue weighted by Gasteiger charge is -2.27. The number of imide groups is 1. The highest BCUT2D eigenvalue weighted by Gasteiger charge is 2.34. The van der Waals surface area contributed by atoms with Crippen LogP contribution >= 0.6 is 0 Å². The first-order chi connectivity index (χ1) is 11.7. The van der Waals surface area contributed by atoms with E-state index in [0.717, 1.165) is 0 Å². The van der Waals surface area contributed by atoms with Crippen LogP contribution in [0.25, 0.3) is 21.2 Å². The molecule has 0 spiro atoms. The van der Waals surface area contributed by atoms with Crippen LogP contribution in [0.2, 0.25) is 0 Å². The monoisotopic (exact) mass is 314 g/mol. The summed E-state index contributed by atoms with van der Waals surface area (Å²) in [6.07, 6.45) is 0. The fraction of sp³-hybridized carbons (Fsp3) is 0. The van der Waals surface area contributed by atoms with E-state index in [1.165, 1.54) is 4.90 Å². The van der Waals surface area contributed by atoms with E-state index < -0.39 is 0 Å². The Morgan fingerprint density at radius 3 is 2.25 bits per heavy atom. The molecule has 0 saturated carbocycles. The van der Waals surface area contributed by atoms with E-state index in [4.69, 9.17) is 5.53 Å². The van der Waals surface area contributed by atoms with E-state index in [0.29, 0.717) is 33.3 Å². The highest BCUT2D eigenvalue weighted by Crippen LogP contribution is 2.37. The van der Waals surface area contributed by atoms with E-state index in [1.54, 1.807) is 54.6 Å². The molecule has 0 fully saturated rings. The van der Waals surface area contributed by atoms with Gasteiger partial charge in [-0.2, -0.15) is 0 Å². The second-order valence-corrected chi connectivity index (χ2v) is 5.33. The van der Waals surface area contributed by atoms with Gasteiger partial charge in [-0.15, -0.1) is 0 Å². The largest absolute Gasteiger partial charge is 0.268 e. The molecule has 24 heavy (non-hydrogen) atoms. The van der Waals surface area contributed by atoms with Crippen LogP contribution in [-0.4, -0.2) is 11.8 Å². The molecule has 3 aromatic rings. The summed E-state index contributed by atoms with van der Waals surface area (Å²) in [7, 11) is 0. The lowest BCUT2D eigenvalue weighted by atomic mass is 9.93. The van der Waals surface area contributed by atoms with E-state index in [-0.39, 0.29) is 11.8 Å². The van der Waals surface area contributed by atoms with Crippen molar-refractivity contribution in [2.24, 2.45) is 5.11 Å². The van der Waals surface area contributed by atoms with Gasteiger partial charge in [-0.05, 0) is 35.2 Å². The van der Waals surface area contributed by atoms with Gasteiger partial charge >= 0.3 is 0 Å². The molecular weight excluding hydrogens is 304 g/mol. The van der Waals surface area contributed by atoms with Gasteiger partial charge in [0.1, 0.15) is 0 Å². The van der Waals surface area contributed by atoms with Crippen LogP contribution in [0.3, 0.4) is 0 Å². The van der Waals surface area contributed by atoms with E-state index in [2.05, 4.69) is 10.0 Å². The van der Waals surface area contributed by atoms with Crippen molar-refractivity contribution in [1.82, 2.24) is 0 Å². The Balaban J connectivity index is 2.02. The summed E-state index contributed by atoms with van der Waals surface area (Å²) in [5.74, 6) is -0.773. The number of hydrogen-bond acceptors (Lipinski definition) is 3. The predicted molar refractivity (Wildman–Crippen MR) is 90.3 cm³/mol. The van der Waals surface area contributed by atoms with Crippen molar-refractivity contribution >= 4 is 34.0 Å². The van der Waals surface area contributed by atoms with Crippen molar-refractivity contribution in [3.8, 4) is 0 Å². The number of hydrogen-bond donors (Lipinski definition) is 0. The summed E-state index contributed by atoms with van der Waals surface area (Å²) < 4.78 is 0. The lowest BCUT2D eigenvalue weighted by Crippen LogP contribution is -2.40. The zero-order chi connectivity index (χ0) is 16.7. The third kappa shape index (κ3) is 1.87. The summed E-state index contributed by atoms with van der Waals surface area (Å²) in [6, 6.07) is 17.1. The minimum atomic E-state index is -0.387. The number of nitrogens with zero attached hydrogens (tertiary/aromatic N) is 4. The Bertz CT molecular complexity index is 1030. The third-order valence-electron chi connectivity index (χ3n) is 4.05. The fourth-order valence-corrected chi connectivity index (χ4v) is 3.03. The Hall–Kier alpha value is -3.63. The zero-order valence-corrected chi connectivity index (χ0v) is 12.4. The van der Waals surface area contributed by atoms with Gasteiger partial charge in [0.15, 0.2) is 0 Å². The molecule has 114 valence electrons. The Labute approximate surface area is 136 Å². The Morgan fingerprint density at radius 1 is 0.833 bits per heavy atom. The maximum Gasteiger partial charge on any atom is 0.265 e. The molecule has 3 aromatic carbocycles. The second-order valence-electron chi connectivity index (χ2n) is 5.33. The fourth-order valence-electron chi connectivity index (χ4n) is 3.03. The first kappa shape index (κ1) is 14.0. The highest BCUT2D eigenvalue weighted by atomic mass is 16.2. The number of rotatable bonds is 2. The van der Waals surface area contributed by atoms with Crippen molar-refractivity contribution in [2.75, 3.05) is 4.90 Å². The van der Waals surface area contributed by atoms with Crippen molar-refractivity contribution in [3.63, 3.8) is 0 Å². The minimum Gasteiger partial charge on any atom is -0.268 e. The molecule has 0 aliphatic carbocycles. The van der Waals surface area contributed by atoms with Crippen LogP contribution in [0.1, 0.15) is 20.7 Å². The Morgan fingerprint density at radius 2 is 1.54 bits per heavy atom. The number of benzene rings is 3. The first-order valence-electron chi connectivity index (χ1n) is 7.27. The van der Waals surface area contributed by atoms with Crippen LogP contribution in [0.15, 0.2) is 65.8 Å². The van der Waals surface area contributed by atoms with Crippen molar-refractivity contribution in [1.29, 1.82) is 0 Å². The van der Waals surface area contributed by atoms with Crippen molar-refractivity contribution in [2.45, 2.75) is 0 Å². The van der Waals surface area contributed by atoms with Gasteiger partial charge in [-0.1, -0.05) is 41.5 Å². The summed E-state index contributed by atoms with van der Waals surface area (Å²) in [4.78, 5) is 29.7.